The Hall–Kier alpha value is -1.22. The summed E-state index contributed by atoms with van der Waals surface area (Å²) in [4.78, 5) is 0. The van der Waals surface area contributed by atoms with Crippen molar-refractivity contribution < 1.29 is 9.47 Å². The van der Waals surface area contributed by atoms with Gasteiger partial charge in [-0.1, -0.05) is 32.3 Å². The monoisotopic (exact) mass is 277 g/mol. The summed E-state index contributed by atoms with van der Waals surface area (Å²) < 4.78 is 11.2. The SMILES string of the molecule is CCc1ccc(OCCNC2CCCCC2)c(OC)c1. The van der Waals surface area contributed by atoms with E-state index >= 15 is 0 Å². The molecule has 0 aromatic heterocycles. The van der Waals surface area contributed by atoms with Gasteiger partial charge in [0.05, 0.1) is 7.11 Å². The Morgan fingerprint density at radius 3 is 2.65 bits per heavy atom. The van der Waals surface area contributed by atoms with E-state index in [1.807, 2.05) is 6.07 Å². The summed E-state index contributed by atoms with van der Waals surface area (Å²) in [6.45, 7) is 3.74. The molecule has 0 saturated heterocycles. The number of nitrogens with one attached hydrogen (secondary N) is 1. The van der Waals surface area contributed by atoms with Gasteiger partial charge in [0.2, 0.25) is 0 Å². The molecule has 0 radical (unpaired) electrons. The Balaban J connectivity index is 1.75. The van der Waals surface area contributed by atoms with Crippen molar-refractivity contribution in [2.24, 2.45) is 0 Å². The maximum atomic E-state index is 5.83. The standard InChI is InChI=1S/C17H27NO2/c1-3-14-9-10-16(17(13-14)19-2)20-12-11-18-15-7-5-4-6-8-15/h9-10,13,15,18H,3-8,11-12H2,1-2H3. The molecule has 0 spiro atoms. The van der Waals surface area contributed by atoms with E-state index in [1.54, 1.807) is 7.11 Å². The fraction of sp³-hybridized carbons (Fsp3) is 0.647. The van der Waals surface area contributed by atoms with Gasteiger partial charge in [0.15, 0.2) is 11.5 Å². The fourth-order valence-corrected chi connectivity index (χ4v) is 2.78. The largest absolute Gasteiger partial charge is 0.493 e. The number of hydrogen-bond acceptors (Lipinski definition) is 3. The molecule has 0 aliphatic heterocycles. The van der Waals surface area contributed by atoms with Gasteiger partial charge in [-0.3, -0.25) is 0 Å². The summed E-state index contributed by atoms with van der Waals surface area (Å²) in [5.41, 5.74) is 1.27. The second-order valence-electron chi connectivity index (χ2n) is 5.48. The third-order valence-electron chi connectivity index (χ3n) is 4.03. The van der Waals surface area contributed by atoms with Crippen LogP contribution in [-0.2, 0) is 6.42 Å². The van der Waals surface area contributed by atoms with Gasteiger partial charge in [-0.05, 0) is 37.0 Å². The maximum Gasteiger partial charge on any atom is 0.161 e. The van der Waals surface area contributed by atoms with E-state index in [4.69, 9.17) is 9.47 Å². The van der Waals surface area contributed by atoms with Crippen molar-refractivity contribution in [1.29, 1.82) is 0 Å². The zero-order chi connectivity index (χ0) is 14.2. The van der Waals surface area contributed by atoms with Gasteiger partial charge >= 0.3 is 0 Å². The molecule has 3 nitrogen and oxygen atoms in total. The predicted molar refractivity (Wildman–Crippen MR) is 82.7 cm³/mol. The van der Waals surface area contributed by atoms with Crippen LogP contribution in [0, 0.1) is 0 Å². The first-order valence-corrected chi connectivity index (χ1v) is 7.86. The zero-order valence-corrected chi connectivity index (χ0v) is 12.8. The van der Waals surface area contributed by atoms with Crippen LogP contribution in [0.5, 0.6) is 11.5 Å². The lowest BCUT2D eigenvalue weighted by Crippen LogP contribution is -2.34. The van der Waals surface area contributed by atoms with Gasteiger partial charge in [-0.15, -0.1) is 0 Å². The van der Waals surface area contributed by atoms with Gasteiger partial charge < -0.3 is 14.8 Å². The maximum absolute atomic E-state index is 5.83. The van der Waals surface area contributed by atoms with E-state index in [1.165, 1.54) is 37.7 Å². The van der Waals surface area contributed by atoms with Crippen LogP contribution >= 0.6 is 0 Å². The van der Waals surface area contributed by atoms with Crippen LogP contribution in [0.25, 0.3) is 0 Å². The van der Waals surface area contributed by atoms with Crippen molar-refractivity contribution in [3.05, 3.63) is 23.8 Å². The van der Waals surface area contributed by atoms with Crippen molar-refractivity contribution in [1.82, 2.24) is 5.32 Å². The molecule has 3 heteroatoms. The van der Waals surface area contributed by atoms with Gasteiger partial charge in [0.25, 0.3) is 0 Å². The molecule has 1 aromatic carbocycles. The van der Waals surface area contributed by atoms with Crippen LogP contribution in [0.3, 0.4) is 0 Å². The Kier molecular flexibility index (Phi) is 6.19. The van der Waals surface area contributed by atoms with Gasteiger partial charge in [0, 0.05) is 12.6 Å². The topological polar surface area (TPSA) is 30.5 Å². The van der Waals surface area contributed by atoms with Crippen LogP contribution < -0.4 is 14.8 Å². The molecule has 20 heavy (non-hydrogen) atoms. The molecule has 0 unspecified atom stereocenters. The average molecular weight is 277 g/mol. The molecule has 0 bridgehead atoms. The highest BCUT2D eigenvalue weighted by Crippen LogP contribution is 2.28. The first-order valence-electron chi connectivity index (χ1n) is 7.86. The van der Waals surface area contributed by atoms with Crippen LogP contribution in [-0.4, -0.2) is 26.3 Å². The quantitative estimate of drug-likeness (QED) is 0.773. The number of aryl methyl sites for hydroxylation is 1. The highest BCUT2D eigenvalue weighted by Gasteiger charge is 2.12. The van der Waals surface area contributed by atoms with E-state index in [0.717, 1.165) is 24.5 Å². The van der Waals surface area contributed by atoms with Crippen LogP contribution in [0.1, 0.15) is 44.6 Å². The molecular weight excluding hydrogens is 250 g/mol. The minimum Gasteiger partial charge on any atom is -0.493 e. The lowest BCUT2D eigenvalue weighted by molar-refractivity contribution is 0.275. The Morgan fingerprint density at radius 2 is 1.95 bits per heavy atom. The summed E-state index contributed by atoms with van der Waals surface area (Å²) in [5.74, 6) is 1.68. The summed E-state index contributed by atoms with van der Waals surface area (Å²) in [6.07, 6.45) is 7.77. The second-order valence-corrected chi connectivity index (χ2v) is 5.48. The third kappa shape index (κ3) is 4.41. The van der Waals surface area contributed by atoms with E-state index in [2.05, 4.69) is 24.4 Å². The minimum atomic E-state index is 0.691. The molecule has 1 fully saturated rings. The Morgan fingerprint density at radius 1 is 1.15 bits per heavy atom. The Labute approximate surface area is 122 Å². The van der Waals surface area contributed by atoms with Crippen molar-refractivity contribution >= 4 is 0 Å². The molecule has 0 amide bonds. The summed E-state index contributed by atoms with van der Waals surface area (Å²) >= 11 is 0. The van der Waals surface area contributed by atoms with Crippen molar-refractivity contribution in [2.75, 3.05) is 20.3 Å². The highest BCUT2D eigenvalue weighted by atomic mass is 16.5. The molecule has 112 valence electrons. The van der Waals surface area contributed by atoms with E-state index in [-0.39, 0.29) is 0 Å². The summed E-state index contributed by atoms with van der Waals surface area (Å²) in [6, 6.07) is 6.87. The number of hydrogen-bond donors (Lipinski definition) is 1. The van der Waals surface area contributed by atoms with Gasteiger partial charge in [-0.25, -0.2) is 0 Å². The number of ether oxygens (including phenoxy) is 2. The predicted octanol–water partition coefficient (Wildman–Crippen LogP) is 3.56. The first kappa shape index (κ1) is 15.2. The normalized spacial score (nSPS) is 16.1. The molecule has 0 heterocycles. The lowest BCUT2D eigenvalue weighted by atomic mass is 9.96. The fourth-order valence-electron chi connectivity index (χ4n) is 2.78. The first-order chi connectivity index (χ1) is 9.83. The Bertz CT molecular complexity index is 400. The van der Waals surface area contributed by atoms with Gasteiger partial charge in [-0.2, -0.15) is 0 Å². The van der Waals surface area contributed by atoms with Crippen molar-refractivity contribution in [3.8, 4) is 11.5 Å². The molecule has 1 N–H and O–H groups in total. The van der Waals surface area contributed by atoms with E-state index in [9.17, 15) is 0 Å². The third-order valence-corrected chi connectivity index (χ3v) is 4.03. The van der Waals surface area contributed by atoms with Crippen LogP contribution in [0.4, 0.5) is 0 Å². The summed E-state index contributed by atoms with van der Waals surface area (Å²) in [7, 11) is 1.70. The van der Waals surface area contributed by atoms with E-state index < -0.39 is 0 Å². The molecule has 1 saturated carbocycles. The minimum absolute atomic E-state index is 0.691. The molecule has 1 aliphatic rings. The smallest absolute Gasteiger partial charge is 0.161 e. The summed E-state index contributed by atoms with van der Waals surface area (Å²) in [5, 5.41) is 3.59. The van der Waals surface area contributed by atoms with Crippen molar-refractivity contribution in [2.45, 2.75) is 51.5 Å². The number of benzene rings is 1. The number of methoxy groups -OCH3 is 1. The molecule has 1 aromatic rings. The number of rotatable bonds is 7. The van der Waals surface area contributed by atoms with Crippen LogP contribution in [0.2, 0.25) is 0 Å². The zero-order valence-electron chi connectivity index (χ0n) is 12.8. The van der Waals surface area contributed by atoms with Gasteiger partial charge in [0.1, 0.15) is 6.61 Å². The highest BCUT2D eigenvalue weighted by molar-refractivity contribution is 5.42. The van der Waals surface area contributed by atoms with E-state index in [0.29, 0.717) is 12.6 Å². The lowest BCUT2D eigenvalue weighted by Gasteiger charge is -2.23. The average Bonchev–Trinajstić information content (AvgIpc) is 2.52. The molecule has 1 aliphatic carbocycles. The molecule has 2 rings (SSSR count). The molecular formula is C17H27NO2. The second kappa shape index (κ2) is 8.15. The molecule has 0 atom stereocenters. The van der Waals surface area contributed by atoms with Crippen molar-refractivity contribution in [3.63, 3.8) is 0 Å². The van der Waals surface area contributed by atoms with Crippen LogP contribution in [0.15, 0.2) is 18.2 Å².